The molecule has 6 aliphatic rings. The number of fused-ring (bicyclic) bond motifs is 1. The van der Waals surface area contributed by atoms with Crippen LogP contribution in [0.25, 0.3) is 0 Å². The maximum absolute atomic E-state index is 13.0. The summed E-state index contributed by atoms with van der Waals surface area (Å²) >= 11 is 0. The van der Waals surface area contributed by atoms with E-state index in [2.05, 4.69) is 61.8 Å². The van der Waals surface area contributed by atoms with Crippen LogP contribution in [0.15, 0.2) is 29.5 Å². The number of hydrogen-bond donors (Lipinski definition) is 0. The van der Waals surface area contributed by atoms with Gasteiger partial charge in [-0.3, -0.25) is 9.80 Å². The van der Waals surface area contributed by atoms with Crippen molar-refractivity contribution in [3.05, 3.63) is 35.7 Å². The van der Waals surface area contributed by atoms with Gasteiger partial charge in [-0.05, 0) is 31.0 Å². The number of urea groups is 1. The first kappa shape index (κ1) is 24.8. The smallest absolute Gasteiger partial charge is 0.320 e. The molecule has 0 saturated carbocycles. The number of rotatable bonds is 4. The molecule has 0 radical (unpaired) electrons. The monoisotopic (exact) mass is 521 g/mol. The topological polar surface area (TPSA) is 59.8 Å². The molecule has 1 aromatic rings. The molecule has 1 aromatic heterocycles. The number of carbonyl (C=O) groups excluding carboxylic acids is 1. The maximum atomic E-state index is 13.0. The lowest BCUT2D eigenvalue weighted by molar-refractivity contribution is -0.177. The van der Waals surface area contributed by atoms with E-state index in [4.69, 9.17) is 9.84 Å². The third kappa shape index (κ3) is 4.51. The van der Waals surface area contributed by atoms with E-state index in [-0.39, 0.29) is 11.4 Å². The second kappa shape index (κ2) is 10.1. The Labute approximate surface area is 226 Å². The lowest BCUT2D eigenvalue weighted by Gasteiger charge is -2.56. The van der Waals surface area contributed by atoms with Crippen molar-refractivity contribution in [1.29, 1.82) is 0 Å². The number of aromatic nitrogens is 1. The van der Waals surface area contributed by atoms with E-state index in [1.165, 1.54) is 56.8 Å². The van der Waals surface area contributed by atoms with Gasteiger partial charge in [0.25, 0.3) is 0 Å². The molecule has 4 saturated heterocycles. The third-order valence-corrected chi connectivity index (χ3v) is 9.98. The number of allylic oxidation sites excluding steroid dienone is 1. The highest BCUT2D eigenvalue weighted by Crippen LogP contribution is 2.39. The van der Waals surface area contributed by atoms with E-state index in [1.54, 1.807) is 0 Å². The first-order valence-electron chi connectivity index (χ1n) is 14.9. The van der Waals surface area contributed by atoms with Crippen LogP contribution in [0.5, 0.6) is 0 Å². The molecule has 0 bridgehead atoms. The van der Waals surface area contributed by atoms with Crippen LogP contribution >= 0.6 is 0 Å². The molecule has 7 rings (SSSR count). The fraction of sp³-hybridized carbons (Fsp3) is 0.724. The van der Waals surface area contributed by atoms with Crippen LogP contribution in [0.4, 0.5) is 4.79 Å². The molecule has 0 N–H and O–H groups in total. The van der Waals surface area contributed by atoms with Crippen LogP contribution < -0.4 is 0 Å². The molecule has 38 heavy (non-hydrogen) atoms. The molecule has 5 aliphatic heterocycles. The minimum Gasteiger partial charge on any atom is -0.380 e. The summed E-state index contributed by atoms with van der Waals surface area (Å²) < 4.78 is 7.48. The Balaban J connectivity index is 0.951. The first-order chi connectivity index (χ1) is 18.6. The molecular weight excluding hydrogens is 478 g/mol. The molecule has 6 heterocycles. The minimum atomic E-state index is 0.215. The molecule has 9 nitrogen and oxygen atoms in total. The fourth-order valence-corrected chi connectivity index (χ4v) is 7.43. The summed E-state index contributed by atoms with van der Waals surface area (Å²) in [4.78, 5) is 24.8. The van der Waals surface area contributed by atoms with Crippen LogP contribution in [0.2, 0.25) is 0 Å². The van der Waals surface area contributed by atoms with Gasteiger partial charge in [0.15, 0.2) is 0 Å². The Hall–Kier alpha value is -2.20. The van der Waals surface area contributed by atoms with E-state index in [1.807, 2.05) is 4.90 Å². The Bertz CT molecular complexity index is 1070. The number of likely N-dealkylation sites (N-methyl/N-ethyl adjacent to an activating group) is 1. The average molecular weight is 522 g/mol. The second-order valence-electron chi connectivity index (χ2n) is 12.4. The molecular formula is C29H43N7O2. The van der Waals surface area contributed by atoms with Gasteiger partial charge in [-0.2, -0.15) is 5.10 Å². The molecule has 206 valence electrons. The number of amides is 2. The van der Waals surface area contributed by atoms with Crippen molar-refractivity contribution in [3.63, 3.8) is 0 Å². The van der Waals surface area contributed by atoms with Gasteiger partial charge in [0, 0.05) is 96.2 Å². The molecule has 1 spiro atoms. The van der Waals surface area contributed by atoms with Crippen LogP contribution in [0.3, 0.4) is 0 Å². The molecule has 9 heteroatoms. The van der Waals surface area contributed by atoms with Gasteiger partial charge in [0.2, 0.25) is 0 Å². The van der Waals surface area contributed by atoms with Crippen LogP contribution in [0.1, 0.15) is 49.4 Å². The summed E-state index contributed by atoms with van der Waals surface area (Å²) in [6, 6.07) is 3.56. The highest BCUT2D eigenvalue weighted by Gasteiger charge is 2.51. The third-order valence-electron chi connectivity index (χ3n) is 9.98. The van der Waals surface area contributed by atoms with Crippen molar-refractivity contribution in [1.82, 2.24) is 29.2 Å². The standard InChI is InChI=1S/C29H43N7O2/c1-2-31-9-11-32(12-10-31)25-5-3-23(4-6-25)24-17-27-26(7-8-30-36(27)18-24)33-13-15-34(16-14-33)28(37)35-19-29(20-35)21-38-22-29/h3,5,8,17-18,23,25-26H,2,4,6-7,9-16,19-22H2,1H3. The van der Waals surface area contributed by atoms with Gasteiger partial charge in [0.05, 0.1) is 30.4 Å². The molecule has 0 aromatic carbocycles. The van der Waals surface area contributed by atoms with E-state index in [0.29, 0.717) is 18.0 Å². The van der Waals surface area contributed by atoms with Gasteiger partial charge in [-0.15, -0.1) is 0 Å². The molecule has 3 unspecified atom stereocenters. The zero-order valence-corrected chi connectivity index (χ0v) is 22.9. The number of piperazine rings is 2. The van der Waals surface area contributed by atoms with Gasteiger partial charge in [0.1, 0.15) is 0 Å². The Morgan fingerprint density at radius 3 is 2.39 bits per heavy atom. The van der Waals surface area contributed by atoms with Crippen molar-refractivity contribution >= 4 is 12.2 Å². The van der Waals surface area contributed by atoms with Crippen molar-refractivity contribution in [2.24, 2.45) is 10.5 Å². The second-order valence-corrected chi connectivity index (χ2v) is 12.4. The summed E-state index contributed by atoms with van der Waals surface area (Å²) in [5.41, 5.74) is 2.99. The van der Waals surface area contributed by atoms with Crippen molar-refractivity contribution in [2.75, 3.05) is 85.2 Å². The predicted molar refractivity (Wildman–Crippen MR) is 148 cm³/mol. The molecule has 3 atom stereocenters. The number of nitrogens with zero attached hydrogens (tertiary/aromatic N) is 7. The normalized spacial score (nSPS) is 31.8. The SMILES string of the molecule is CCN1CCN(C2C=CC(c3cc4n(c3)N=CCC4N3CCN(C(=O)N4CC5(COC5)C4)CC3)CC2)CC1. The van der Waals surface area contributed by atoms with E-state index in [9.17, 15) is 4.79 Å². The summed E-state index contributed by atoms with van der Waals surface area (Å²) in [5, 5.41) is 4.72. The molecule has 1 aliphatic carbocycles. The van der Waals surface area contributed by atoms with E-state index < -0.39 is 0 Å². The van der Waals surface area contributed by atoms with Crippen LogP contribution in [-0.2, 0) is 4.74 Å². The Kier molecular flexibility index (Phi) is 6.58. The fourth-order valence-electron chi connectivity index (χ4n) is 7.43. The van der Waals surface area contributed by atoms with Crippen molar-refractivity contribution < 1.29 is 9.53 Å². The lowest BCUT2D eigenvalue weighted by Crippen LogP contribution is -2.69. The van der Waals surface area contributed by atoms with Crippen LogP contribution in [0, 0.1) is 5.41 Å². The minimum absolute atomic E-state index is 0.215. The maximum Gasteiger partial charge on any atom is 0.320 e. The largest absolute Gasteiger partial charge is 0.380 e. The van der Waals surface area contributed by atoms with Gasteiger partial charge < -0.3 is 19.4 Å². The van der Waals surface area contributed by atoms with E-state index >= 15 is 0 Å². The van der Waals surface area contributed by atoms with Crippen molar-refractivity contribution in [3.8, 4) is 0 Å². The van der Waals surface area contributed by atoms with Crippen LogP contribution in [-0.4, -0.2) is 133 Å². The lowest BCUT2D eigenvalue weighted by atomic mass is 9.78. The number of ether oxygens (including phenoxy) is 1. The summed E-state index contributed by atoms with van der Waals surface area (Å²) in [5.74, 6) is 0.479. The average Bonchev–Trinajstić information content (AvgIpc) is 3.36. The van der Waals surface area contributed by atoms with Crippen molar-refractivity contribution in [2.45, 2.75) is 44.2 Å². The molecule has 4 fully saturated rings. The van der Waals surface area contributed by atoms with Gasteiger partial charge >= 0.3 is 6.03 Å². The highest BCUT2D eigenvalue weighted by molar-refractivity contribution is 5.76. The van der Waals surface area contributed by atoms with E-state index in [0.717, 1.165) is 58.9 Å². The zero-order valence-electron chi connectivity index (χ0n) is 22.9. The Morgan fingerprint density at radius 2 is 1.74 bits per heavy atom. The molecule has 2 amide bonds. The summed E-state index contributed by atoms with van der Waals surface area (Å²) in [6.07, 6.45) is 12.7. The first-order valence-corrected chi connectivity index (χ1v) is 14.9. The zero-order chi connectivity index (χ0) is 25.7. The number of carbonyl (C=O) groups is 1. The summed E-state index contributed by atoms with van der Waals surface area (Å²) in [6.45, 7) is 15.1. The quantitative estimate of drug-likeness (QED) is 0.569. The van der Waals surface area contributed by atoms with Gasteiger partial charge in [-0.25, -0.2) is 9.47 Å². The number of likely N-dealkylation sites (tertiary alicyclic amines) is 1. The summed E-state index contributed by atoms with van der Waals surface area (Å²) in [7, 11) is 0. The predicted octanol–water partition coefficient (Wildman–Crippen LogP) is 2.28. The number of hydrogen-bond acceptors (Lipinski definition) is 6. The highest BCUT2D eigenvalue weighted by atomic mass is 16.5. The Morgan fingerprint density at radius 1 is 0.974 bits per heavy atom. The van der Waals surface area contributed by atoms with Gasteiger partial charge in [-0.1, -0.05) is 19.1 Å².